The molecule has 0 aliphatic carbocycles. The quantitative estimate of drug-likeness (QED) is 0.348. The lowest BCUT2D eigenvalue weighted by Gasteiger charge is -2.06. The topological polar surface area (TPSA) is 147 Å². The van der Waals surface area contributed by atoms with E-state index in [1.807, 2.05) is 0 Å². The van der Waals surface area contributed by atoms with E-state index in [4.69, 9.17) is 15.4 Å². The molecule has 8 nitrogen and oxygen atoms in total. The SMILES string of the molecule is Nc1ccc(NC(=O)/C=C\C(=O)O)cc1S(=O)(=O)O. The molecule has 0 fully saturated rings. The average molecular weight is 286 g/mol. The largest absolute Gasteiger partial charge is 0.478 e. The molecule has 1 aromatic rings. The molecule has 0 heterocycles. The summed E-state index contributed by atoms with van der Waals surface area (Å²) in [6, 6.07) is 3.44. The summed E-state index contributed by atoms with van der Waals surface area (Å²) < 4.78 is 30.8. The maximum absolute atomic E-state index is 11.3. The van der Waals surface area contributed by atoms with Crippen LogP contribution in [0.15, 0.2) is 35.2 Å². The fraction of sp³-hybridized carbons (Fsp3) is 0. The van der Waals surface area contributed by atoms with Crippen molar-refractivity contribution in [2.45, 2.75) is 4.90 Å². The summed E-state index contributed by atoms with van der Waals surface area (Å²) >= 11 is 0. The number of carboxylic acid groups (broad SMARTS) is 1. The number of nitrogens with two attached hydrogens (primary N) is 1. The number of nitrogen functional groups attached to an aromatic ring is 1. The number of carboxylic acids is 1. The second-order valence-electron chi connectivity index (χ2n) is 3.39. The number of benzene rings is 1. The fourth-order valence-corrected chi connectivity index (χ4v) is 1.81. The molecular formula is C10H10N2O6S. The molecule has 0 saturated carbocycles. The molecular weight excluding hydrogens is 276 g/mol. The fourth-order valence-electron chi connectivity index (χ4n) is 1.17. The van der Waals surface area contributed by atoms with Crippen LogP contribution < -0.4 is 11.1 Å². The highest BCUT2D eigenvalue weighted by molar-refractivity contribution is 7.86. The molecule has 0 spiro atoms. The van der Waals surface area contributed by atoms with Gasteiger partial charge in [0.25, 0.3) is 10.1 Å². The third-order valence-corrected chi connectivity index (χ3v) is 2.85. The van der Waals surface area contributed by atoms with E-state index in [2.05, 4.69) is 5.32 Å². The van der Waals surface area contributed by atoms with Crippen molar-refractivity contribution in [3.05, 3.63) is 30.4 Å². The van der Waals surface area contributed by atoms with Crippen molar-refractivity contribution in [2.24, 2.45) is 0 Å². The smallest absolute Gasteiger partial charge is 0.328 e. The van der Waals surface area contributed by atoms with Gasteiger partial charge in [0, 0.05) is 17.8 Å². The number of carbonyl (C=O) groups excluding carboxylic acids is 1. The van der Waals surface area contributed by atoms with Crippen molar-refractivity contribution in [3.8, 4) is 0 Å². The van der Waals surface area contributed by atoms with E-state index in [1.54, 1.807) is 0 Å². The van der Waals surface area contributed by atoms with E-state index < -0.39 is 26.9 Å². The van der Waals surface area contributed by atoms with Crippen LogP contribution in [-0.4, -0.2) is 30.0 Å². The zero-order chi connectivity index (χ0) is 14.6. The van der Waals surface area contributed by atoms with Gasteiger partial charge in [-0.25, -0.2) is 4.79 Å². The van der Waals surface area contributed by atoms with Crippen molar-refractivity contribution in [1.29, 1.82) is 0 Å². The van der Waals surface area contributed by atoms with Gasteiger partial charge in [0.15, 0.2) is 0 Å². The molecule has 0 unspecified atom stereocenters. The van der Waals surface area contributed by atoms with Crippen LogP contribution >= 0.6 is 0 Å². The standard InChI is InChI=1S/C10H10N2O6S/c11-7-2-1-6(5-8(7)19(16,17)18)12-9(13)3-4-10(14)15/h1-5H,11H2,(H,12,13)(H,14,15)(H,16,17,18)/b4-3-. The van der Waals surface area contributed by atoms with Gasteiger partial charge in [-0.15, -0.1) is 0 Å². The van der Waals surface area contributed by atoms with Crippen LogP contribution in [0.1, 0.15) is 0 Å². The van der Waals surface area contributed by atoms with Crippen LogP contribution in [0, 0.1) is 0 Å². The van der Waals surface area contributed by atoms with Gasteiger partial charge in [0.2, 0.25) is 5.91 Å². The molecule has 0 saturated heterocycles. The molecule has 0 radical (unpaired) electrons. The lowest BCUT2D eigenvalue weighted by molar-refractivity contribution is -0.131. The van der Waals surface area contributed by atoms with E-state index in [9.17, 15) is 18.0 Å². The third kappa shape index (κ3) is 4.41. The molecule has 9 heteroatoms. The van der Waals surface area contributed by atoms with Crippen molar-refractivity contribution < 1.29 is 27.7 Å². The van der Waals surface area contributed by atoms with Gasteiger partial charge in [-0.05, 0) is 18.2 Å². The Balaban J connectivity index is 2.99. The van der Waals surface area contributed by atoms with Gasteiger partial charge in [0.05, 0.1) is 5.69 Å². The Kier molecular flexibility index (Phi) is 4.25. The monoisotopic (exact) mass is 286 g/mol. The van der Waals surface area contributed by atoms with Gasteiger partial charge in [-0.1, -0.05) is 0 Å². The summed E-state index contributed by atoms with van der Waals surface area (Å²) in [5.41, 5.74) is 5.23. The summed E-state index contributed by atoms with van der Waals surface area (Å²) in [5, 5.41) is 10.5. The highest BCUT2D eigenvalue weighted by Gasteiger charge is 2.14. The molecule has 0 bridgehead atoms. The Morgan fingerprint density at radius 2 is 1.89 bits per heavy atom. The highest BCUT2D eigenvalue weighted by Crippen LogP contribution is 2.22. The maximum Gasteiger partial charge on any atom is 0.328 e. The zero-order valence-corrected chi connectivity index (χ0v) is 10.2. The predicted molar refractivity (Wildman–Crippen MR) is 66.1 cm³/mol. The Labute approximate surface area is 108 Å². The summed E-state index contributed by atoms with van der Waals surface area (Å²) in [7, 11) is -4.51. The Bertz CT molecular complexity index is 650. The van der Waals surface area contributed by atoms with E-state index in [-0.39, 0.29) is 11.4 Å². The number of carbonyl (C=O) groups is 2. The molecule has 102 valence electrons. The molecule has 1 rings (SSSR count). The van der Waals surface area contributed by atoms with E-state index in [1.165, 1.54) is 12.1 Å². The minimum Gasteiger partial charge on any atom is -0.478 e. The van der Waals surface area contributed by atoms with Gasteiger partial charge >= 0.3 is 5.97 Å². The first-order chi connectivity index (χ1) is 8.70. The first-order valence-electron chi connectivity index (χ1n) is 4.79. The van der Waals surface area contributed by atoms with Crippen LogP contribution in [-0.2, 0) is 19.7 Å². The highest BCUT2D eigenvalue weighted by atomic mass is 32.2. The van der Waals surface area contributed by atoms with Crippen molar-refractivity contribution in [1.82, 2.24) is 0 Å². The number of amides is 1. The zero-order valence-electron chi connectivity index (χ0n) is 9.40. The van der Waals surface area contributed by atoms with Crippen molar-refractivity contribution in [2.75, 3.05) is 11.1 Å². The second-order valence-corrected chi connectivity index (χ2v) is 4.78. The van der Waals surface area contributed by atoms with E-state index in [0.717, 1.165) is 12.1 Å². The average Bonchev–Trinajstić information content (AvgIpc) is 2.27. The summed E-state index contributed by atoms with van der Waals surface area (Å²) in [4.78, 5) is 20.9. The minimum atomic E-state index is -4.51. The third-order valence-electron chi connectivity index (χ3n) is 1.94. The molecule has 0 atom stereocenters. The molecule has 0 aromatic heterocycles. The van der Waals surface area contributed by atoms with E-state index in [0.29, 0.717) is 6.08 Å². The maximum atomic E-state index is 11.3. The van der Waals surface area contributed by atoms with Gasteiger partial charge in [-0.2, -0.15) is 8.42 Å². The number of anilines is 2. The molecule has 0 aliphatic heterocycles. The van der Waals surface area contributed by atoms with Crippen LogP contribution in [0.25, 0.3) is 0 Å². The lowest BCUT2D eigenvalue weighted by atomic mass is 10.3. The molecule has 19 heavy (non-hydrogen) atoms. The first-order valence-corrected chi connectivity index (χ1v) is 6.23. The van der Waals surface area contributed by atoms with E-state index >= 15 is 0 Å². The first kappa shape index (κ1) is 14.7. The second kappa shape index (κ2) is 5.50. The number of hydrogen-bond donors (Lipinski definition) is 4. The van der Waals surface area contributed by atoms with Crippen LogP contribution in [0.2, 0.25) is 0 Å². The van der Waals surface area contributed by atoms with Crippen LogP contribution in [0.5, 0.6) is 0 Å². The van der Waals surface area contributed by atoms with Gasteiger partial charge in [-0.3, -0.25) is 9.35 Å². The number of nitrogens with one attached hydrogen (secondary N) is 1. The summed E-state index contributed by atoms with van der Waals surface area (Å²) in [5.74, 6) is -2.07. The van der Waals surface area contributed by atoms with Crippen LogP contribution in [0.3, 0.4) is 0 Å². The Morgan fingerprint density at radius 1 is 1.26 bits per heavy atom. The molecule has 1 amide bonds. The normalized spacial score (nSPS) is 11.4. The number of rotatable bonds is 4. The number of aliphatic carboxylic acids is 1. The Hall–Kier alpha value is -2.39. The van der Waals surface area contributed by atoms with Gasteiger partial charge in [0.1, 0.15) is 4.90 Å². The summed E-state index contributed by atoms with van der Waals surface area (Å²) in [6.07, 6.45) is 1.38. The predicted octanol–water partition coefficient (Wildman–Crippen LogP) is 0.0948. The molecule has 0 aliphatic rings. The lowest BCUT2D eigenvalue weighted by Crippen LogP contribution is -2.10. The number of hydrogen-bond acceptors (Lipinski definition) is 5. The van der Waals surface area contributed by atoms with Crippen molar-refractivity contribution in [3.63, 3.8) is 0 Å². The molecule has 1 aromatic carbocycles. The van der Waals surface area contributed by atoms with Gasteiger partial charge < -0.3 is 16.2 Å². The molecule has 5 N–H and O–H groups in total. The summed E-state index contributed by atoms with van der Waals surface area (Å²) in [6.45, 7) is 0. The van der Waals surface area contributed by atoms with Crippen LogP contribution in [0.4, 0.5) is 11.4 Å². The van der Waals surface area contributed by atoms with Crippen molar-refractivity contribution >= 4 is 33.4 Å². The minimum absolute atomic E-state index is 0.0434. The Morgan fingerprint density at radius 3 is 2.42 bits per heavy atom.